The molecule has 0 saturated carbocycles. The fraction of sp³-hybridized carbons (Fsp3) is 0.357. The predicted molar refractivity (Wildman–Crippen MR) is 176 cm³/mol. The van der Waals surface area contributed by atoms with Crippen LogP contribution in [0.4, 0.5) is 24.5 Å². The number of allylic oxidation sites excluding steroid dienone is 2. The van der Waals surface area contributed by atoms with Crippen LogP contribution in [0.3, 0.4) is 0 Å². The van der Waals surface area contributed by atoms with Crippen LogP contribution in [0.5, 0.6) is 0 Å². The highest BCUT2D eigenvalue weighted by molar-refractivity contribution is 7.92. The molecule has 1 unspecified atom stereocenters. The Morgan fingerprint density at radius 3 is 2.33 bits per heavy atom. The minimum atomic E-state index is -5.95. The molecule has 0 spiro atoms. The molecule has 0 amide bonds. The molecule has 2 aromatic carbocycles. The Morgan fingerprint density at radius 2 is 1.75 bits per heavy atom. The number of hydrogen-bond donors (Lipinski definition) is 2. The van der Waals surface area contributed by atoms with Crippen molar-refractivity contribution in [3.8, 4) is 6.07 Å². The number of aromatic nitrogens is 1. The maximum Gasteiger partial charge on any atom is 0.501 e. The van der Waals surface area contributed by atoms with Gasteiger partial charge in [0.1, 0.15) is 16.6 Å². The highest BCUT2D eigenvalue weighted by atomic mass is 35.5. The average Bonchev–Trinajstić information content (AvgIpc) is 3.46. The topological polar surface area (TPSA) is 177 Å². The van der Waals surface area contributed by atoms with Gasteiger partial charge in [0.05, 0.1) is 32.8 Å². The Bertz CT molecular complexity index is 2180. The molecule has 48 heavy (non-hydrogen) atoms. The number of benzene rings is 2. The van der Waals surface area contributed by atoms with Crippen molar-refractivity contribution in [2.75, 3.05) is 28.6 Å². The lowest BCUT2D eigenvalue weighted by molar-refractivity contribution is -0.668. The van der Waals surface area contributed by atoms with Crippen molar-refractivity contribution in [1.82, 2.24) is 0 Å². The van der Waals surface area contributed by atoms with E-state index in [0.29, 0.717) is 21.4 Å². The second-order valence-electron chi connectivity index (χ2n) is 10.6. The van der Waals surface area contributed by atoms with Crippen LogP contribution >= 0.6 is 22.9 Å². The van der Waals surface area contributed by atoms with Crippen molar-refractivity contribution in [3.63, 3.8) is 0 Å². The van der Waals surface area contributed by atoms with Crippen molar-refractivity contribution in [2.45, 2.75) is 48.9 Å². The molecule has 20 heteroatoms. The zero-order valence-electron chi connectivity index (χ0n) is 25.2. The number of nitrogens with zero attached hydrogens (tertiary/aromatic N) is 4. The highest BCUT2D eigenvalue weighted by Gasteiger charge is 2.49. The van der Waals surface area contributed by atoms with E-state index in [1.54, 1.807) is 52.8 Å². The number of hydrogen-bond acceptors (Lipinski definition) is 10. The third-order valence-corrected chi connectivity index (χ3v) is 12.4. The van der Waals surface area contributed by atoms with Gasteiger partial charge in [-0.25, -0.2) is 8.42 Å². The number of aryl methyl sites for hydroxylation is 1. The zero-order valence-corrected chi connectivity index (χ0v) is 29.2. The quantitative estimate of drug-likeness (QED) is 0.184. The van der Waals surface area contributed by atoms with Gasteiger partial charge in [-0.05, 0) is 50.6 Å². The Labute approximate surface area is 284 Å². The lowest BCUT2D eigenvalue weighted by atomic mass is 10.1. The van der Waals surface area contributed by atoms with E-state index in [4.69, 9.17) is 11.6 Å². The monoisotopic (exact) mass is 769 g/mol. The minimum absolute atomic E-state index is 0.0300. The Balaban J connectivity index is 1.84. The molecule has 1 aliphatic rings. The molecule has 1 aromatic heterocycles. The maximum atomic E-state index is 13.6. The van der Waals surface area contributed by atoms with Gasteiger partial charge in [0.2, 0.25) is 5.52 Å². The van der Waals surface area contributed by atoms with E-state index in [2.05, 4.69) is 0 Å². The van der Waals surface area contributed by atoms with Crippen LogP contribution in [-0.4, -0.2) is 64.0 Å². The van der Waals surface area contributed by atoms with E-state index in [1.165, 1.54) is 29.2 Å². The second kappa shape index (κ2) is 13.9. The molecule has 1 atom stereocenters. The fourth-order valence-corrected chi connectivity index (χ4v) is 8.13. The van der Waals surface area contributed by atoms with Gasteiger partial charge in [-0.3, -0.25) is 9.11 Å². The minimum Gasteiger partial charge on any atom is -0.326 e. The fourth-order valence-electron chi connectivity index (χ4n) is 5.07. The molecule has 3 aromatic rings. The Hall–Kier alpha value is -3.25. The molecule has 4 rings (SSSR count). The first-order chi connectivity index (χ1) is 22.2. The highest BCUT2D eigenvalue weighted by Crippen LogP contribution is 2.46. The van der Waals surface area contributed by atoms with Gasteiger partial charge in [-0.1, -0.05) is 29.0 Å². The van der Waals surface area contributed by atoms with Gasteiger partial charge in [-0.15, -0.1) is 0 Å². The van der Waals surface area contributed by atoms with Gasteiger partial charge in [0, 0.05) is 36.7 Å². The van der Waals surface area contributed by atoms with Gasteiger partial charge < -0.3 is 9.80 Å². The first-order valence-corrected chi connectivity index (χ1v) is 19.8. The van der Waals surface area contributed by atoms with Crippen molar-refractivity contribution >= 4 is 80.7 Å². The van der Waals surface area contributed by atoms with E-state index in [1.807, 2.05) is 0 Å². The molecule has 0 aliphatic carbocycles. The summed E-state index contributed by atoms with van der Waals surface area (Å²) in [5, 5.41) is 9.41. The van der Waals surface area contributed by atoms with Crippen LogP contribution in [0.25, 0.3) is 16.3 Å². The SMILES string of the molecule is CCN1C(=CC=Cc2sc3ccc(Cl)cc3[n+]2CCCS(=O)(=O)O)N(CCC(C)S(=O)(=O)O)c2cc(S(=O)(=O)C(F)(F)F)c(C#N)cc21. The van der Waals surface area contributed by atoms with Gasteiger partial charge in [0.15, 0.2) is 6.54 Å². The number of halogens is 4. The normalized spacial score (nSPS) is 15.9. The number of anilines is 2. The molecule has 260 valence electrons. The van der Waals surface area contributed by atoms with Crippen molar-refractivity contribution < 1.29 is 52.1 Å². The summed E-state index contributed by atoms with van der Waals surface area (Å²) in [6, 6.07) is 8.45. The summed E-state index contributed by atoms with van der Waals surface area (Å²) in [5.41, 5.74) is -5.57. The van der Waals surface area contributed by atoms with Crippen LogP contribution in [0.2, 0.25) is 5.02 Å². The molecular weight excluding hydrogens is 741 g/mol. The molecule has 0 saturated heterocycles. The molecular formula is C28H29ClF3N4O8S4+. The number of alkyl halides is 3. The number of rotatable bonds is 12. The van der Waals surface area contributed by atoms with Crippen molar-refractivity contribution in [3.05, 3.63) is 63.9 Å². The third kappa shape index (κ3) is 7.96. The molecule has 2 heterocycles. The predicted octanol–water partition coefficient (Wildman–Crippen LogP) is 5.15. The summed E-state index contributed by atoms with van der Waals surface area (Å²) in [6.45, 7) is 3.15. The summed E-state index contributed by atoms with van der Waals surface area (Å²) >= 11 is 7.54. The van der Waals surface area contributed by atoms with Gasteiger partial charge in [0.25, 0.3) is 35.1 Å². The molecule has 0 fully saturated rings. The molecule has 2 N–H and O–H groups in total. The molecule has 1 aliphatic heterocycles. The third-order valence-electron chi connectivity index (χ3n) is 7.47. The van der Waals surface area contributed by atoms with E-state index < -0.39 is 57.0 Å². The van der Waals surface area contributed by atoms with Crippen molar-refractivity contribution in [2.24, 2.45) is 0 Å². The Morgan fingerprint density at radius 1 is 1.08 bits per heavy atom. The smallest absolute Gasteiger partial charge is 0.326 e. The summed E-state index contributed by atoms with van der Waals surface area (Å²) in [5.74, 6) is -0.179. The number of fused-ring (bicyclic) bond motifs is 2. The number of nitriles is 1. The van der Waals surface area contributed by atoms with Crippen LogP contribution < -0.4 is 14.4 Å². The van der Waals surface area contributed by atoms with Gasteiger partial charge >= 0.3 is 5.51 Å². The zero-order chi connectivity index (χ0) is 35.8. The Kier molecular flexibility index (Phi) is 10.9. The van der Waals surface area contributed by atoms with Crippen LogP contribution in [0, 0.1) is 11.3 Å². The summed E-state index contributed by atoms with van der Waals surface area (Å²) < 4.78 is 133. The standard InChI is InChI=1S/C28H28ClF3N4O8S4/c1-3-34-21-14-19(17-33)25(47(40,41)28(30,31)32)16-22(21)35(12-10-18(2)48(42,43)44)26(34)6-4-7-27-36(11-5-13-46(37,38)39)23-15-20(29)8-9-24(23)45-27/h4,6-9,14-16,18H,3,5,10-13H2,1-2H3,(H-,37,38,39,42,43,44)/p+1. The number of thiazole rings is 1. The average molecular weight is 770 g/mol. The molecule has 0 bridgehead atoms. The number of sulfone groups is 1. The lowest BCUT2D eigenvalue weighted by Gasteiger charge is -2.25. The lowest BCUT2D eigenvalue weighted by Crippen LogP contribution is -2.36. The van der Waals surface area contributed by atoms with Crippen molar-refractivity contribution in [1.29, 1.82) is 5.26 Å². The first-order valence-electron chi connectivity index (χ1n) is 14.1. The van der Waals surface area contributed by atoms with Gasteiger partial charge in [-0.2, -0.15) is 39.8 Å². The van der Waals surface area contributed by atoms with Crippen LogP contribution in [-0.2, 0) is 36.6 Å². The van der Waals surface area contributed by atoms with E-state index in [0.717, 1.165) is 16.8 Å². The summed E-state index contributed by atoms with van der Waals surface area (Å²) in [4.78, 5) is 1.76. The van der Waals surface area contributed by atoms with E-state index >= 15 is 0 Å². The second-order valence-corrected chi connectivity index (χ2v) is 17.5. The summed E-state index contributed by atoms with van der Waals surface area (Å²) in [6.07, 6.45) is 4.70. The first kappa shape index (κ1) is 37.6. The maximum absolute atomic E-state index is 13.6. The van der Waals surface area contributed by atoms with E-state index in [9.17, 15) is 52.8 Å². The summed E-state index contributed by atoms with van der Waals surface area (Å²) in [7, 11) is -14.7. The van der Waals surface area contributed by atoms with Crippen LogP contribution in [0.1, 0.15) is 37.3 Å². The van der Waals surface area contributed by atoms with Crippen LogP contribution in [0.15, 0.2) is 53.2 Å². The largest absolute Gasteiger partial charge is 0.501 e. The molecule has 0 radical (unpaired) electrons. The molecule has 12 nitrogen and oxygen atoms in total. The van der Waals surface area contributed by atoms with E-state index in [-0.39, 0.29) is 43.9 Å².